The van der Waals surface area contributed by atoms with Gasteiger partial charge in [-0.2, -0.15) is 5.10 Å². The molecule has 2 heterocycles. The Kier molecular flexibility index (Phi) is 2.72. The second-order valence-electron chi connectivity index (χ2n) is 2.83. The maximum Gasteiger partial charge on any atom is 0.270 e. The number of anilines is 1. The molecule has 0 atom stereocenters. The molecule has 2 rings (SSSR count). The fourth-order valence-electron chi connectivity index (χ4n) is 1.12. The first kappa shape index (κ1) is 9.78. The van der Waals surface area contributed by atoms with Crippen LogP contribution in [0.15, 0.2) is 12.3 Å². The van der Waals surface area contributed by atoms with E-state index in [0.717, 1.165) is 17.2 Å². The van der Waals surface area contributed by atoms with Crippen LogP contribution >= 0.6 is 11.5 Å². The van der Waals surface area contributed by atoms with Gasteiger partial charge in [-0.3, -0.25) is 9.89 Å². The Bertz CT molecular complexity index is 449. The third-order valence-corrected chi connectivity index (χ3v) is 2.61. The Morgan fingerprint density at radius 2 is 2.53 bits per heavy atom. The first-order valence-corrected chi connectivity index (χ1v) is 5.20. The molecular weight excluding hydrogens is 214 g/mol. The van der Waals surface area contributed by atoms with Crippen LogP contribution in [-0.4, -0.2) is 25.7 Å². The number of hydrogen-bond acceptors (Lipinski definition) is 5. The van der Waals surface area contributed by atoms with Crippen LogP contribution in [-0.2, 0) is 6.42 Å². The zero-order chi connectivity index (χ0) is 10.7. The molecule has 2 N–H and O–H groups in total. The first-order chi connectivity index (χ1) is 7.31. The minimum Gasteiger partial charge on any atom is -0.306 e. The zero-order valence-corrected chi connectivity index (χ0v) is 8.84. The predicted octanol–water partition coefficient (Wildman–Crippen LogP) is 1.08. The molecule has 0 unspecified atom stereocenters. The zero-order valence-electron chi connectivity index (χ0n) is 8.02. The number of aryl methyl sites for hydroxylation is 1. The molecule has 7 heteroatoms. The van der Waals surface area contributed by atoms with Gasteiger partial charge in [0.15, 0.2) is 0 Å². The molecule has 2 aromatic heterocycles. The molecule has 78 valence electrons. The van der Waals surface area contributed by atoms with Crippen molar-refractivity contribution in [1.29, 1.82) is 0 Å². The Hall–Kier alpha value is -1.76. The second kappa shape index (κ2) is 4.18. The smallest absolute Gasteiger partial charge is 0.270 e. The van der Waals surface area contributed by atoms with E-state index in [1.807, 2.05) is 6.92 Å². The van der Waals surface area contributed by atoms with Gasteiger partial charge in [0.2, 0.25) is 0 Å². The number of rotatable bonds is 3. The minimum atomic E-state index is -0.203. The summed E-state index contributed by atoms with van der Waals surface area (Å²) in [6.07, 6.45) is 2.27. The molecule has 0 saturated carbocycles. The summed E-state index contributed by atoms with van der Waals surface area (Å²) in [4.78, 5) is 12.3. The van der Waals surface area contributed by atoms with Crippen LogP contribution in [0.4, 0.5) is 5.82 Å². The van der Waals surface area contributed by atoms with E-state index in [-0.39, 0.29) is 5.91 Å². The van der Waals surface area contributed by atoms with Gasteiger partial charge in [0.25, 0.3) is 5.91 Å². The van der Waals surface area contributed by atoms with Gasteiger partial charge in [-0.25, -0.2) is 0 Å². The van der Waals surface area contributed by atoms with E-state index in [2.05, 4.69) is 25.1 Å². The van der Waals surface area contributed by atoms with E-state index in [9.17, 15) is 4.79 Å². The third-order valence-electron chi connectivity index (χ3n) is 1.85. The van der Waals surface area contributed by atoms with Crippen LogP contribution in [0, 0.1) is 0 Å². The number of aromatic amines is 1. The van der Waals surface area contributed by atoms with Crippen molar-refractivity contribution in [3.8, 4) is 0 Å². The summed E-state index contributed by atoms with van der Waals surface area (Å²) in [5.74, 6) is 0.363. The van der Waals surface area contributed by atoms with Crippen molar-refractivity contribution in [3.63, 3.8) is 0 Å². The van der Waals surface area contributed by atoms with Crippen LogP contribution < -0.4 is 5.32 Å². The van der Waals surface area contributed by atoms with Crippen molar-refractivity contribution in [2.75, 3.05) is 5.32 Å². The highest BCUT2D eigenvalue weighted by atomic mass is 32.1. The topological polar surface area (TPSA) is 83.6 Å². The van der Waals surface area contributed by atoms with Crippen molar-refractivity contribution in [2.24, 2.45) is 0 Å². The molecule has 0 fully saturated rings. The summed E-state index contributed by atoms with van der Waals surface area (Å²) in [6, 6.07) is 1.68. The standard InChI is InChI=1S/C8H9N5OS/c1-2-5-7(15-13-11-5)8(14)10-6-3-4-9-12-6/h3-4H,2H2,1H3,(H2,9,10,12,14). The van der Waals surface area contributed by atoms with Crippen molar-refractivity contribution in [3.05, 3.63) is 22.8 Å². The molecule has 2 aromatic rings. The maximum absolute atomic E-state index is 11.7. The molecule has 0 aliphatic rings. The maximum atomic E-state index is 11.7. The average molecular weight is 223 g/mol. The molecule has 0 aliphatic carbocycles. The summed E-state index contributed by atoms with van der Waals surface area (Å²) in [7, 11) is 0. The second-order valence-corrected chi connectivity index (χ2v) is 3.58. The number of carbonyl (C=O) groups is 1. The van der Waals surface area contributed by atoms with Crippen molar-refractivity contribution in [1.82, 2.24) is 19.8 Å². The fourth-order valence-corrected chi connectivity index (χ4v) is 1.76. The summed E-state index contributed by atoms with van der Waals surface area (Å²) in [6.45, 7) is 1.93. The Morgan fingerprint density at radius 3 is 3.20 bits per heavy atom. The SMILES string of the molecule is CCc1nnsc1C(=O)Nc1ccn[nH]1. The molecule has 15 heavy (non-hydrogen) atoms. The minimum absolute atomic E-state index is 0.203. The quantitative estimate of drug-likeness (QED) is 0.815. The lowest BCUT2D eigenvalue weighted by Gasteiger charge is -1.99. The Labute approximate surface area is 89.9 Å². The van der Waals surface area contributed by atoms with Crippen LogP contribution in [0.25, 0.3) is 0 Å². The van der Waals surface area contributed by atoms with E-state index >= 15 is 0 Å². The molecule has 0 spiro atoms. The lowest BCUT2D eigenvalue weighted by atomic mass is 10.3. The molecule has 0 radical (unpaired) electrons. The van der Waals surface area contributed by atoms with Crippen LogP contribution in [0.3, 0.4) is 0 Å². The van der Waals surface area contributed by atoms with Gasteiger partial charge in [-0.15, -0.1) is 5.10 Å². The fraction of sp³-hybridized carbons (Fsp3) is 0.250. The van der Waals surface area contributed by atoms with Gasteiger partial charge < -0.3 is 5.32 Å². The van der Waals surface area contributed by atoms with Gasteiger partial charge in [-0.1, -0.05) is 11.4 Å². The van der Waals surface area contributed by atoms with Crippen molar-refractivity contribution < 1.29 is 4.79 Å². The van der Waals surface area contributed by atoms with Gasteiger partial charge in [0, 0.05) is 6.07 Å². The lowest BCUT2D eigenvalue weighted by molar-refractivity contribution is 0.102. The number of nitrogens with one attached hydrogen (secondary N) is 2. The van der Waals surface area contributed by atoms with E-state index in [1.165, 1.54) is 0 Å². The van der Waals surface area contributed by atoms with Crippen LogP contribution in [0.1, 0.15) is 22.3 Å². The van der Waals surface area contributed by atoms with Crippen LogP contribution in [0.5, 0.6) is 0 Å². The van der Waals surface area contributed by atoms with E-state index < -0.39 is 0 Å². The van der Waals surface area contributed by atoms with E-state index in [4.69, 9.17) is 0 Å². The molecule has 0 saturated heterocycles. The summed E-state index contributed by atoms with van der Waals surface area (Å²) in [5, 5.41) is 12.9. The normalized spacial score (nSPS) is 10.2. The highest BCUT2D eigenvalue weighted by Crippen LogP contribution is 2.13. The third kappa shape index (κ3) is 2.01. The predicted molar refractivity (Wildman–Crippen MR) is 55.8 cm³/mol. The van der Waals surface area contributed by atoms with Gasteiger partial charge >= 0.3 is 0 Å². The number of H-pyrrole nitrogens is 1. The summed E-state index contributed by atoms with van der Waals surface area (Å²) >= 11 is 1.10. The number of carbonyl (C=O) groups excluding carboxylic acids is 1. The number of hydrogen-bond donors (Lipinski definition) is 2. The Balaban J connectivity index is 2.15. The molecule has 0 aliphatic heterocycles. The number of aromatic nitrogens is 4. The first-order valence-electron chi connectivity index (χ1n) is 4.43. The van der Waals surface area contributed by atoms with Gasteiger partial charge in [-0.05, 0) is 18.0 Å². The highest BCUT2D eigenvalue weighted by Gasteiger charge is 2.15. The summed E-state index contributed by atoms with van der Waals surface area (Å²) < 4.78 is 3.75. The van der Waals surface area contributed by atoms with Gasteiger partial charge in [0.1, 0.15) is 10.7 Å². The number of amides is 1. The molecule has 0 bridgehead atoms. The van der Waals surface area contributed by atoms with E-state index in [0.29, 0.717) is 17.1 Å². The Morgan fingerprint density at radius 1 is 1.67 bits per heavy atom. The van der Waals surface area contributed by atoms with Crippen LogP contribution in [0.2, 0.25) is 0 Å². The monoisotopic (exact) mass is 223 g/mol. The molecule has 0 aromatic carbocycles. The van der Waals surface area contributed by atoms with Crippen molar-refractivity contribution in [2.45, 2.75) is 13.3 Å². The largest absolute Gasteiger partial charge is 0.306 e. The highest BCUT2D eigenvalue weighted by molar-refractivity contribution is 7.08. The van der Waals surface area contributed by atoms with Crippen molar-refractivity contribution >= 4 is 23.3 Å². The van der Waals surface area contributed by atoms with Gasteiger partial charge in [0.05, 0.1) is 11.9 Å². The average Bonchev–Trinajstić information content (AvgIpc) is 2.86. The number of nitrogens with zero attached hydrogens (tertiary/aromatic N) is 3. The molecule has 1 amide bonds. The lowest BCUT2D eigenvalue weighted by Crippen LogP contribution is -2.12. The summed E-state index contributed by atoms with van der Waals surface area (Å²) in [5.41, 5.74) is 0.719. The van der Waals surface area contributed by atoms with E-state index in [1.54, 1.807) is 12.3 Å². The molecule has 6 nitrogen and oxygen atoms in total. The molecular formula is C8H9N5OS.